The molecule has 0 aliphatic carbocycles. The van der Waals surface area contributed by atoms with E-state index in [4.69, 9.17) is 11.6 Å². The van der Waals surface area contributed by atoms with E-state index < -0.39 is 0 Å². The van der Waals surface area contributed by atoms with Crippen molar-refractivity contribution in [2.24, 2.45) is 0 Å². The normalized spacial score (nSPS) is 11.1. The van der Waals surface area contributed by atoms with Crippen molar-refractivity contribution in [1.82, 2.24) is 9.38 Å². The Labute approximate surface area is 118 Å². The monoisotopic (exact) mass is 320 g/mol. The van der Waals surface area contributed by atoms with E-state index in [1.54, 1.807) is 0 Å². The number of rotatable bonds is 1. The van der Waals surface area contributed by atoms with E-state index in [1.807, 2.05) is 49.5 Å². The fourth-order valence-electron chi connectivity index (χ4n) is 2.05. The van der Waals surface area contributed by atoms with Crippen LogP contribution >= 0.6 is 27.5 Å². The largest absolute Gasteiger partial charge is 0.304 e. The number of halogens is 2. The highest BCUT2D eigenvalue weighted by Crippen LogP contribution is 2.32. The van der Waals surface area contributed by atoms with Crippen molar-refractivity contribution in [3.63, 3.8) is 0 Å². The first-order valence-electron chi connectivity index (χ1n) is 5.56. The lowest BCUT2D eigenvalue weighted by Gasteiger charge is -2.03. The van der Waals surface area contributed by atoms with Crippen molar-refractivity contribution in [3.8, 4) is 11.3 Å². The van der Waals surface area contributed by atoms with Crippen LogP contribution in [-0.4, -0.2) is 9.38 Å². The summed E-state index contributed by atoms with van der Waals surface area (Å²) in [5.41, 5.74) is 3.89. The van der Waals surface area contributed by atoms with Crippen LogP contribution in [0.15, 0.2) is 47.1 Å². The second kappa shape index (κ2) is 4.41. The number of benzene rings is 1. The Bertz CT molecular complexity index is 734. The molecule has 90 valence electrons. The first kappa shape index (κ1) is 11.8. The van der Waals surface area contributed by atoms with Gasteiger partial charge >= 0.3 is 0 Å². The fraction of sp³-hybridized carbons (Fsp3) is 0.0714. The molecule has 3 rings (SSSR count). The number of nitrogens with zero attached hydrogens (tertiary/aromatic N) is 2. The molecular weight excluding hydrogens is 312 g/mol. The van der Waals surface area contributed by atoms with E-state index in [9.17, 15) is 0 Å². The predicted molar refractivity (Wildman–Crippen MR) is 78.1 cm³/mol. The average molecular weight is 322 g/mol. The molecule has 2 nitrogen and oxygen atoms in total. The molecule has 0 bridgehead atoms. The lowest BCUT2D eigenvalue weighted by Crippen LogP contribution is -1.87. The number of hydrogen-bond acceptors (Lipinski definition) is 1. The maximum atomic E-state index is 6.26. The number of aromatic nitrogens is 2. The third kappa shape index (κ3) is 1.84. The average Bonchev–Trinajstić information content (AvgIpc) is 2.71. The zero-order chi connectivity index (χ0) is 12.7. The molecule has 0 fully saturated rings. The highest BCUT2D eigenvalue weighted by molar-refractivity contribution is 9.10. The Morgan fingerprint density at radius 3 is 2.83 bits per heavy atom. The third-order valence-corrected chi connectivity index (χ3v) is 3.78. The summed E-state index contributed by atoms with van der Waals surface area (Å²) in [6.45, 7) is 2.05. The van der Waals surface area contributed by atoms with Gasteiger partial charge in [0.1, 0.15) is 5.65 Å². The highest BCUT2D eigenvalue weighted by atomic mass is 79.9. The van der Waals surface area contributed by atoms with E-state index in [0.717, 1.165) is 27.1 Å². The fourth-order valence-corrected chi connectivity index (χ4v) is 2.62. The number of fused-ring (bicyclic) bond motifs is 1. The van der Waals surface area contributed by atoms with Crippen molar-refractivity contribution >= 4 is 33.2 Å². The van der Waals surface area contributed by atoms with Crippen LogP contribution in [-0.2, 0) is 0 Å². The molecule has 0 aliphatic rings. The van der Waals surface area contributed by atoms with Crippen molar-refractivity contribution in [1.29, 1.82) is 0 Å². The smallest absolute Gasteiger partial charge is 0.137 e. The van der Waals surface area contributed by atoms with Gasteiger partial charge in [-0.15, -0.1) is 0 Å². The number of hydrogen-bond donors (Lipinski definition) is 0. The maximum absolute atomic E-state index is 6.26. The molecule has 0 aliphatic heterocycles. The summed E-state index contributed by atoms with van der Waals surface area (Å²) in [6, 6.07) is 11.8. The van der Waals surface area contributed by atoms with E-state index >= 15 is 0 Å². The van der Waals surface area contributed by atoms with E-state index in [2.05, 4.69) is 25.3 Å². The molecule has 0 radical (unpaired) electrons. The Hall–Kier alpha value is -1.32. The van der Waals surface area contributed by atoms with Crippen LogP contribution in [0.2, 0.25) is 5.02 Å². The van der Waals surface area contributed by atoms with Crippen molar-refractivity contribution in [3.05, 3.63) is 57.8 Å². The zero-order valence-electron chi connectivity index (χ0n) is 9.69. The van der Waals surface area contributed by atoms with Gasteiger partial charge in [-0.1, -0.05) is 33.6 Å². The predicted octanol–water partition coefficient (Wildman–Crippen LogP) is 4.73. The number of imidazole rings is 1. The highest BCUT2D eigenvalue weighted by Gasteiger charge is 2.13. The molecule has 0 N–H and O–H groups in total. The van der Waals surface area contributed by atoms with Gasteiger partial charge in [0, 0.05) is 21.9 Å². The first-order chi connectivity index (χ1) is 8.66. The summed E-state index contributed by atoms with van der Waals surface area (Å²) in [4.78, 5) is 4.64. The van der Waals surface area contributed by atoms with Gasteiger partial charge in [-0.2, -0.15) is 0 Å². The van der Waals surface area contributed by atoms with E-state index in [-0.39, 0.29) is 0 Å². The third-order valence-electron chi connectivity index (χ3n) is 2.95. The summed E-state index contributed by atoms with van der Waals surface area (Å²) >= 11 is 9.73. The number of aryl methyl sites for hydroxylation is 1. The molecule has 0 atom stereocenters. The maximum Gasteiger partial charge on any atom is 0.137 e. The van der Waals surface area contributed by atoms with Crippen LogP contribution in [0.5, 0.6) is 0 Å². The SMILES string of the molecule is Cc1c(-c2cc(Br)ccc2Cl)nc2ccccn12. The molecule has 0 saturated heterocycles. The summed E-state index contributed by atoms with van der Waals surface area (Å²) in [7, 11) is 0. The van der Waals surface area contributed by atoms with E-state index in [1.165, 1.54) is 0 Å². The first-order valence-corrected chi connectivity index (χ1v) is 6.73. The zero-order valence-corrected chi connectivity index (χ0v) is 12.0. The topological polar surface area (TPSA) is 17.3 Å². The quantitative estimate of drug-likeness (QED) is 0.633. The molecule has 2 heterocycles. The molecule has 0 unspecified atom stereocenters. The van der Waals surface area contributed by atoms with Crippen LogP contribution < -0.4 is 0 Å². The van der Waals surface area contributed by atoms with Gasteiger partial charge in [0.15, 0.2) is 0 Å². The van der Waals surface area contributed by atoms with Crippen LogP contribution in [0.3, 0.4) is 0 Å². The molecule has 0 amide bonds. The summed E-state index contributed by atoms with van der Waals surface area (Å²) < 4.78 is 3.06. The van der Waals surface area contributed by atoms with Gasteiger partial charge in [-0.3, -0.25) is 0 Å². The van der Waals surface area contributed by atoms with Gasteiger partial charge in [-0.05, 0) is 37.3 Å². The molecule has 1 aromatic carbocycles. The summed E-state index contributed by atoms with van der Waals surface area (Å²) in [5, 5.41) is 0.713. The Balaban J connectivity index is 2.31. The standard InChI is InChI=1S/C14H10BrClN2/c1-9-14(11-8-10(15)5-6-12(11)16)17-13-4-2-3-7-18(9)13/h2-8H,1H3. The van der Waals surface area contributed by atoms with Gasteiger partial charge in [0.05, 0.1) is 10.7 Å². The summed E-state index contributed by atoms with van der Waals surface area (Å²) in [5.74, 6) is 0. The molecular formula is C14H10BrClN2. The molecule has 4 heteroatoms. The van der Waals surface area contributed by atoms with E-state index in [0.29, 0.717) is 5.02 Å². The van der Waals surface area contributed by atoms with Crippen LogP contribution in [0.25, 0.3) is 16.9 Å². The minimum Gasteiger partial charge on any atom is -0.304 e. The summed E-state index contributed by atoms with van der Waals surface area (Å²) in [6.07, 6.45) is 2.01. The lowest BCUT2D eigenvalue weighted by atomic mass is 10.1. The van der Waals surface area contributed by atoms with Gasteiger partial charge in [0.2, 0.25) is 0 Å². The second-order valence-corrected chi connectivity index (χ2v) is 5.42. The molecule has 18 heavy (non-hydrogen) atoms. The van der Waals surface area contributed by atoms with Crippen LogP contribution in [0.4, 0.5) is 0 Å². The molecule has 0 spiro atoms. The lowest BCUT2D eigenvalue weighted by molar-refractivity contribution is 1.11. The Morgan fingerprint density at radius 1 is 1.22 bits per heavy atom. The van der Waals surface area contributed by atoms with Gasteiger partial charge in [-0.25, -0.2) is 4.98 Å². The minimum absolute atomic E-state index is 0.713. The molecule has 0 saturated carbocycles. The second-order valence-electron chi connectivity index (χ2n) is 4.10. The molecule has 3 aromatic rings. The Morgan fingerprint density at radius 2 is 2.06 bits per heavy atom. The van der Waals surface area contributed by atoms with Crippen molar-refractivity contribution < 1.29 is 0 Å². The van der Waals surface area contributed by atoms with Gasteiger partial charge < -0.3 is 4.40 Å². The van der Waals surface area contributed by atoms with Crippen molar-refractivity contribution in [2.75, 3.05) is 0 Å². The molecule has 2 aromatic heterocycles. The van der Waals surface area contributed by atoms with Crippen molar-refractivity contribution in [2.45, 2.75) is 6.92 Å². The van der Waals surface area contributed by atoms with Crippen LogP contribution in [0.1, 0.15) is 5.69 Å². The Kier molecular flexibility index (Phi) is 2.88. The van der Waals surface area contributed by atoms with Crippen LogP contribution in [0, 0.1) is 6.92 Å². The number of pyridine rings is 1. The minimum atomic E-state index is 0.713. The van der Waals surface area contributed by atoms with Gasteiger partial charge in [0.25, 0.3) is 0 Å².